The molecule has 1 atom stereocenters. The van der Waals surface area contributed by atoms with Crippen molar-refractivity contribution in [2.45, 2.75) is 6.04 Å². The van der Waals surface area contributed by atoms with Crippen molar-refractivity contribution < 1.29 is 9.53 Å². The van der Waals surface area contributed by atoms with Gasteiger partial charge in [0.2, 0.25) is 0 Å². The molecule has 1 aromatic heterocycles. The first-order valence-corrected chi connectivity index (χ1v) is 6.74. The Bertz CT molecular complexity index is 557. The zero-order valence-electron chi connectivity index (χ0n) is 11.1. The van der Waals surface area contributed by atoms with E-state index in [0.29, 0.717) is 18.1 Å². The summed E-state index contributed by atoms with van der Waals surface area (Å²) in [5, 5.41) is 6.98. The number of nitrogens with zero attached hydrogens (tertiary/aromatic N) is 2. The molecule has 2 rings (SSSR count). The van der Waals surface area contributed by atoms with Crippen LogP contribution in [-0.2, 0) is 4.74 Å². The lowest BCUT2D eigenvalue weighted by Crippen LogP contribution is -2.39. The molecule has 1 N–H and O–H groups in total. The van der Waals surface area contributed by atoms with E-state index in [1.54, 1.807) is 18.0 Å². The first-order chi connectivity index (χ1) is 9.74. The maximum absolute atomic E-state index is 12.1. The minimum Gasteiger partial charge on any atom is -0.383 e. The van der Waals surface area contributed by atoms with E-state index in [0.717, 1.165) is 5.69 Å². The van der Waals surface area contributed by atoms with Crippen LogP contribution in [0, 0.1) is 0 Å². The first kappa shape index (κ1) is 14.6. The zero-order valence-corrected chi connectivity index (χ0v) is 11.9. The lowest BCUT2D eigenvalue weighted by Gasteiger charge is -2.13. The molecule has 0 radical (unpaired) electrons. The van der Waals surface area contributed by atoms with Gasteiger partial charge in [0.15, 0.2) is 0 Å². The molecule has 20 heavy (non-hydrogen) atoms. The van der Waals surface area contributed by atoms with Crippen molar-refractivity contribution in [3.63, 3.8) is 0 Å². The summed E-state index contributed by atoms with van der Waals surface area (Å²) in [6.07, 6.45) is 3.21. The van der Waals surface area contributed by atoms with Gasteiger partial charge < -0.3 is 10.1 Å². The van der Waals surface area contributed by atoms with Crippen LogP contribution in [0.2, 0.25) is 0 Å². The molecule has 2 aromatic rings. The molecular formula is C14H16ClN3O2. The second kappa shape index (κ2) is 7.07. The van der Waals surface area contributed by atoms with Gasteiger partial charge in [-0.15, -0.1) is 11.6 Å². The molecule has 0 bridgehead atoms. The quantitative estimate of drug-likeness (QED) is 0.827. The van der Waals surface area contributed by atoms with E-state index >= 15 is 0 Å². The summed E-state index contributed by atoms with van der Waals surface area (Å²) in [4.78, 5) is 12.1. The van der Waals surface area contributed by atoms with Crippen molar-refractivity contribution in [2.24, 2.45) is 0 Å². The predicted molar refractivity (Wildman–Crippen MR) is 77.4 cm³/mol. The van der Waals surface area contributed by atoms with Gasteiger partial charge in [0.25, 0.3) is 5.91 Å². The Hall–Kier alpha value is -1.85. The Morgan fingerprint density at radius 3 is 2.85 bits per heavy atom. The van der Waals surface area contributed by atoms with Crippen molar-refractivity contribution in [2.75, 3.05) is 19.6 Å². The van der Waals surface area contributed by atoms with Gasteiger partial charge in [0.1, 0.15) is 0 Å². The summed E-state index contributed by atoms with van der Waals surface area (Å²) >= 11 is 5.76. The molecule has 106 valence electrons. The van der Waals surface area contributed by atoms with Crippen molar-refractivity contribution in [3.8, 4) is 5.69 Å². The number of nitrogens with one attached hydrogen (secondary N) is 1. The van der Waals surface area contributed by atoms with E-state index in [9.17, 15) is 4.79 Å². The highest BCUT2D eigenvalue weighted by molar-refractivity contribution is 6.18. The minimum atomic E-state index is -0.214. The van der Waals surface area contributed by atoms with E-state index in [4.69, 9.17) is 16.3 Å². The number of methoxy groups -OCH3 is 1. The van der Waals surface area contributed by atoms with Crippen molar-refractivity contribution in [1.29, 1.82) is 0 Å². The molecule has 1 aromatic carbocycles. The maximum atomic E-state index is 12.1. The van der Waals surface area contributed by atoms with E-state index in [-0.39, 0.29) is 11.9 Å². The van der Waals surface area contributed by atoms with Crippen LogP contribution in [-0.4, -0.2) is 41.3 Å². The summed E-state index contributed by atoms with van der Waals surface area (Å²) in [5.41, 5.74) is 1.39. The largest absolute Gasteiger partial charge is 0.383 e. The Balaban J connectivity index is 2.07. The van der Waals surface area contributed by atoms with Gasteiger partial charge in [-0.25, -0.2) is 4.68 Å². The number of alkyl halides is 1. The molecule has 0 saturated carbocycles. The summed E-state index contributed by atoms with van der Waals surface area (Å²) < 4.78 is 6.64. The van der Waals surface area contributed by atoms with E-state index in [1.165, 1.54) is 6.20 Å². The predicted octanol–water partition coefficient (Wildman–Crippen LogP) is 1.86. The van der Waals surface area contributed by atoms with Gasteiger partial charge in [-0.2, -0.15) is 5.10 Å². The number of rotatable bonds is 6. The number of aromatic nitrogens is 2. The fourth-order valence-electron chi connectivity index (χ4n) is 1.76. The molecule has 0 aliphatic rings. The Morgan fingerprint density at radius 1 is 1.45 bits per heavy atom. The lowest BCUT2D eigenvalue weighted by atomic mass is 10.3. The van der Waals surface area contributed by atoms with Crippen LogP contribution in [0.5, 0.6) is 0 Å². The van der Waals surface area contributed by atoms with Crippen LogP contribution in [0.1, 0.15) is 10.4 Å². The van der Waals surface area contributed by atoms with Gasteiger partial charge in [0, 0.05) is 19.2 Å². The van der Waals surface area contributed by atoms with Gasteiger partial charge in [-0.3, -0.25) is 4.79 Å². The number of ether oxygens (including phenoxy) is 1. The molecular weight excluding hydrogens is 278 g/mol. The Kier molecular flexibility index (Phi) is 5.15. The van der Waals surface area contributed by atoms with Crippen LogP contribution in [0.25, 0.3) is 5.69 Å². The van der Waals surface area contributed by atoms with E-state index < -0.39 is 0 Å². The second-order valence-electron chi connectivity index (χ2n) is 4.29. The number of hydrogen-bond acceptors (Lipinski definition) is 3. The summed E-state index contributed by atoms with van der Waals surface area (Å²) in [6.45, 7) is 0.377. The molecule has 0 fully saturated rings. The molecule has 1 unspecified atom stereocenters. The van der Waals surface area contributed by atoms with E-state index in [1.807, 2.05) is 30.3 Å². The second-order valence-corrected chi connectivity index (χ2v) is 4.60. The Labute approximate surface area is 122 Å². The molecule has 6 heteroatoms. The third-order valence-electron chi connectivity index (χ3n) is 2.75. The van der Waals surface area contributed by atoms with Crippen LogP contribution >= 0.6 is 11.6 Å². The molecule has 0 saturated heterocycles. The first-order valence-electron chi connectivity index (χ1n) is 6.20. The average molecular weight is 294 g/mol. The topological polar surface area (TPSA) is 56.1 Å². The lowest BCUT2D eigenvalue weighted by molar-refractivity contribution is 0.0907. The normalized spacial score (nSPS) is 12.1. The molecule has 0 aliphatic heterocycles. The SMILES string of the molecule is COCC(CCl)NC(=O)c1cnn(-c2ccccc2)c1. The van der Waals surface area contributed by atoms with Crippen molar-refractivity contribution in [3.05, 3.63) is 48.3 Å². The van der Waals surface area contributed by atoms with Gasteiger partial charge >= 0.3 is 0 Å². The highest BCUT2D eigenvalue weighted by atomic mass is 35.5. The monoisotopic (exact) mass is 293 g/mol. The number of hydrogen-bond donors (Lipinski definition) is 1. The summed E-state index contributed by atoms with van der Waals surface area (Å²) in [7, 11) is 1.57. The number of para-hydroxylation sites is 1. The van der Waals surface area contributed by atoms with Crippen LogP contribution in [0.4, 0.5) is 0 Å². The fraction of sp³-hybridized carbons (Fsp3) is 0.286. The third-order valence-corrected chi connectivity index (χ3v) is 3.13. The molecule has 5 nitrogen and oxygen atoms in total. The van der Waals surface area contributed by atoms with Crippen LogP contribution in [0.15, 0.2) is 42.7 Å². The number of amides is 1. The molecule has 1 heterocycles. The Morgan fingerprint density at radius 2 is 2.20 bits per heavy atom. The molecule has 1 amide bonds. The third kappa shape index (κ3) is 3.59. The van der Waals surface area contributed by atoms with Gasteiger partial charge in [-0.05, 0) is 12.1 Å². The van der Waals surface area contributed by atoms with Crippen molar-refractivity contribution >= 4 is 17.5 Å². The average Bonchev–Trinajstić information content (AvgIpc) is 2.97. The standard InChI is InChI=1S/C14H16ClN3O2/c1-20-10-12(7-15)17-14(19)11-8-16-18(9-11)13-5-3-2-4-6-13/h2-6,8-9,12H,7,10H2,1H3,(H,17,19). The van der Waals surface area contributed by atoms with Gasteiger partial charge in [0.05, 0.1) is 30.1 Å². The highest BCUT2D eigenvalue weighted by Gasteiger charge is 2.14. The van der Waals surface area contributed by atoms with Gasteiger partial charge in [-0.1, -0.05) is 18.2 Å². The number of carbonyl (C=O) groups excluding carboxylic acids is 1. The maximum Gasteiger partial charge on any atom is 0.254 e. The van der Waals surface area contributed by atoms with E-state index in [2.05, 4.69) is 10.4 Å². The number of halogens is 1. The fourth-order valence-corrected chi connectivity index (χ4v) is 1.92. The van der Waals surface area contributed by atoms with Crippen LogP contribution < -0.4 is 5.32 Å². The van der Waals surface area contributed by atoms with Crippen molar-refractivity contribution in [1.82, 2.24) is 15.1 Å². The number of carbonyl (C=O) groups is 1. The summed E-state index contributed by atoms with van der Waals surface area (Å²) in [5.74, 6) is 0.0849. The minimum absolute atomic E-state index is 0.213. The molecule has 0 spiro atoms. The molecule has 0 aliphatic carbocycles. The summed E-state index contributed by atoms with van der Waals surface area (Å²) in [6, 6.07) is 9.38. The zero-order chi connectivity index (χ0) is 14.4. The highest BCUT2D eigenvalue weighted by Crippen LogP contribution is 2.07. The van der Waals surface area contributed by atoms with Crippen LogP contribution in [0.3, 0.4) is 0 Å². The number of benzene rings is 1. The smallest absolute Gasteiger partial charge is 0.254 e.